The summed E-state index contributed by atoms with van der Waals surface area (Å²) in [5.41, 5.74) is 2.84. The lowest BCUT2D eigenvalue weighted by Gasteiger charge is -2.17. The summed E-state index contributed by atoms with van der Waals surface area (Å²) in [5, 5.41) is 3.53. The van der Waals surface area contributed by atoms with Crippen LogP contribution in [-0.4, -0.2) is 33.3 Å². The Balaban J connectivity index is 1.75. The van der Waals surface area contributed by atoms with E-state index in [9.17, 15) is 9.59 Å². The molecule has 0 aliphatic carbocycles. The minimum absolute atomic E-state index is 0.0655. The minimum Gasteiger partial charge on any atom is -0.497 e. The van der Waals surface area contributed by atoms with Gasteiger partial charge in [0.15, 0.2) is 5.16 Å². The summed E-state index contributed by atoms with van der Waals surface area (Å²) in [5.74, 6) is 0.793. The van der Waals surface area contributed by atoms with Crippen molar-refractivity contribution >= 4 is 28.7 Å². The summed E-state index contributed by atoms with van der Waals surface area (Å²) in [4.78, 5) is 33.0. The summed E-state index contributed by atoms with van der Waals surface area (Å²) < 4.78 is 6.87. The van der Waals surface area contributed by atoms with Crippen LogP contribution < -0.4 is 15.6 Å². The Hall–Kier alpha value is -2.74. The van der Waals surface area contributed by atoms with Crippen molar-refractivity contribution < 1.29 is 9.53 Å². The zero-order chi connectivity index (χ0) is 21.1. The SMILES string of the molecule is COc1cccc([C@H](C)NC(=O)CSc2nc3cc(C)[nH]c3c(=O)n2C(C)C)c1. The van der Waals surface area contributed by atoms with Crippen molar-refractivity contribution in [2.75, 3.05) is 12.9 Å². The normalized spacial score (nSPS) is 12.3. The van der Waals surface area contributed by atoms with Crippen LogP contribution in [0.3, 0.4) is 0 Å². The van der Waals surface area contributed by atoms with Gasteiger partial charge in [0.1, 0.15) is 11.3 Å². The fourth-order valence-corrected chi connectivity index (χ4v) is 4.09. The number of aryl methyl sites for hydroxylation is 1. The van der Waals surface area contributed by atoms with Crippen molar-refractivity contribution in [3.63, 3.8) is 0 Å². The number of aromatic amines is 1. The van der Waals surface area contributed by atoms with E-state index in [0.717, 1.165) is 17.0 Å². The lowest BCUT2D eigenvalue weighted by Crippen LogP contribution is -2.29. The van der Waals surface area contributed by atoms with Crippen molar-refractivity contribution in [3.8, 4) is 5.75 Å². The summed E-state index contributed by atoms with van der Waals surface area (Å²) in [6.07, 6.45) is 0. The van der Waals surface area contributed by atoms with Gasteiger partial charge in [-0.15, -0.1) is 0 Å². The van der Waals surface area contributed by atoms with Gasteiger partial charge in [0.2, 0.25) is 5.91 Å². The number of ether oxygens (including phenoxy) is 1. The second-order valence-electron chi connectivity index (χ2n) is 7.23. The number of benzene rings is 1. The average Bonchev–Trinajstić information content (AvgIpc) is 3.06. The summed E-state index contributed by atoms with van der Waals surface area (Å²) >= 11 is 1.27. The highest BCUT2D eigenvalue weighted by Crippen LogP contribution is 2.22. The van der Waals surface area contributed by atoms with E-state index in [2.05, 4.69) is 15.3 Å². The number of carbonyl (C=O) groups excluding carboxylic acids is 1. The first kappa shape index (κ1) is 21.0. The topological polar surface area (TPSA) is 89.0 Å². The molecule has 0 spiro atoms. The van der Waals surface area contributed by atoms with Crippen LogP contribution in [0.15, 0.2) is 40.3 Å². The highest BCUT2D eigenvalue weighted by Gasteiger charge is 2.17. The van der Waals surface area contributed by atoms with Crippen molar-refractivity contribution in [3.05, 3.63) is 51.9 Å². The molecule has 2 aromatic heterocycles. The number of methoxy groups -OCH3 is 1. The second kappa shape index (κ2) is 8.73. The average molecular weight is 415 g/mol. The Morgan fingerprint density at radius 2 is 2.07 bits per heavy atom. The van der Waals surface area contributed by atoms with Crippen LogP contribution in [0, 0.1) is 6.92 Å². The molecule has 0 aliphatic rings. The molecule has 0 bridgehead atoms. The van der Waals surface area contributed by atoms with Gasteiger partial charge >= 0.3 is 0 Å². The number of carbonyl (C=O) groups is 1. The molecule has 0 saturated carbocycles. The Bertz CT molecular complexity index is 1090. The molecule has 3 rings (SSSR count). The van der Waals surface area contributed by atoms with E-state index < -0.39 is 0 Å². The lowest BCUT2D eigenvalue weighted by molar-refractivity contribution is -0.119. The molecule has 7 nitrogen and oxygen atoms in total. The number of thioether (sulfide) groups is 1. The molecule has 154 valence electrons. The molecule has 8 heteroatoms. The van der Waals surface area contributed by atoms with Gasteiger partial charge in [-0.25, -0.2) is 4.98 Å². The molecule has 0 fully saturated rings. The first-order valence-electron chi connectivity index (χ1n) is 9.48. The van der Waals surface area contributed by atoms with Crippen LogP contribution in [0.4, 0.5) is 0 Å². The van der Waals surface area contributed by atoms with Gasteiger partial charge in [-0.1, -0.05) is 23.9 Å². The molecule has 0 unspecified atom stereocenters. The largest absolute Gasteiger partial charge is 0.497 e. The number of fused-ring (bicyclic) bond motifs is 1. The van der Waals surface area contributed by atoms with Crippen LogP contribution in [0.25, 0.3) is 11.0 Å². The maximum Gasteiger partial charge on any atom is 0.278 e. The third kappa shape index (κ3) is 4.64. The summed E-state index contributed by atoms with van der Waals surface area (Å²) in [6, 6.07) is 9.22. The highest BCUT2D eigenvalue weighted by molar-refractivity contribution is 7.99. The molecular weight excluding hydrogens is 388 g/mol. The van der Waals surface area contributed by atoms with Gasteiger partial charge in [-0.3, -0.25) is 14.2 Å². The first-order chi connectivity index (χ1) is 13.8. The van der Waals surface area contributed by atoms with Crippen LogP contribution >= 0.6 is 11.8 Å². The number of amides is 1. The number of aromatic nitrogens is 3. The maximum atomic E-state index is 12.8. The van der Waals surface area contributed by atoms with Gasteiger partial charge in [0, 0.05) is 11.7 Å². The molecule has 1 aromatic carbocycles. The van der Waals surface area contributed by atoms with E-state index in [4.69, 9.17) is 4.74 Å². The first-order valence-corrected chi connectivity index (χ1v) is 10.5. The Labute approximate surface area is 173 Å². The van der Waals surface area contributed by atoms with Crippen LogP contribution in [0.5, 0.6) is 5.75 Å². The van der Waals surface area contributed by atoms with E-state index in [-0.39, 0.29) is 29.3 Å². The third-order valence-electron chi connectivity index (χ3n) is 4.61. The maximum absolute atomic E-state index is 12.8. The zero-order valence-electron chi connectivity index (χ0n) is 17.3. The standard InChI is InChI=1S/C21H26N4O3S/c1-12(2)25-20(27)19-17(9-13(3)22-19)24-21(25)29-11-18(26)23-14(4)15-7-6-8-16(10-15)28-5/h6-10,12,14,22H,11H2,1-5H3,(H,23,26)/t14-/m0/s1. The van der Waals surface area contributed by atoms with Crippen molar-refractivity contribution in [2.45, 2.75) is 44.9 Å². The van der Waals surface area contributed by atoms with E-state index in [0.29, 0.717) is 16.2 Å². The fourth-order valence-electron chi connectivity index (χ4n) is 3.15. The molecule has 3 aromatic rings. The predicted octanol–water partition coefficient (Wildman–Crippen LogP) is 3.59. The third-order valence-corrected chi connectivity index (χ3v) is 5.56. The molecule has 2 heterocycles. The molecule has 0 saturated heterocycles. The molecular formula is C21H26N4O3S. The Kier molecular flexibility index (Phi) is 6.32. The van der Waals surface area contributed by atoms with Crippen molar-refractivity contribution in [2.24, 2.45) is 0 Å². The lowest BCUT2D eigenvalue weighted by atomic mass is 10.1. The number of rotatable bonds is 7. The quantitative estimate of drug-likeness (QED) is 0.456. The zero-order valence-corrected chi connectivity index (χ0v) is 18.1. The van der Waals surface area contributed by atoms with Gasteiger partial charge in [-0.2, -0.15) is 0 Å². The van der Waals surface area contributed by atoms with E-state index in [1.165, 1.54) is 11.8 Å². The van der Waals surface area contributed by atoms with Gasteiger partial charge in [0.05, 0.1) is 24.4 Å². The smallest absolute Gasteiger partial charge is 0.278 e. The Morgan fingerprint density at radius 1 is 1.31 bits per heavy atom. The molecule has 2 N–H and O–H groups in total. The predicted molar refractivity (Wildman–Crippen MR) is 116 cm³/mol. The summed E-state index contributed by atoms with van der Waals surface area (Å²) in [6.45, 7) is 7.68. The van der Waals surface area contributed by atoms with Crippen LogP contribution in [-0.2, 0) is 4.79 Å². The number of hydrogen-bond acceptors (Lipinski definition) is 5. The van der Waals surface area contributed by atoms with Crippen molar-refractivity contribution in [1.82, 2.24) is 19.9 Å². The Morgan fingerprint density at radius 3 is 2.76 bits per heavy atom. The van der Waals surface area contributed by atoms with Gasteiger partial charge in [0.25, 0.3) is 5.56 Å². The number of nitrogens with zero attached hydrogens (tertiary/aromatic N) is 2. The number of H-pyrrole nitrogens is 1. The van der Waals surface area contributed by atoms with E-state index in [1.807, 2.05) is 58.0 Å². The monoisotopic (exact) mass is 414 g/mol. The molecule has 0 radical (unpaired) electrons. The molecule has 0 aliphatic heterocycles. The molecule has 1 amide bonds. The molecule has 29 heavy (non-hydrogen) atoms. The number of hydrogen-bond donors (Lipinski definition) is 2. The van der Waals surface area contributed by atoms with Gasteiger partial charge in [-0.05, 0) is 51.5 Å². The van der Waals surface area contributed by atoms with Gasteiger partial charge < -0.3 is 15.0 Å². The fraction of sp³-hybridized carbons (Fsp3) is 0.381. The second-order valence-corrected chi connectivity index (χ2v) is 8.17. The van der Waals surface area contributed by atoms with E-state index >= 15 is 0 Å². The van der Waals surface area contributed by atoms with Crippen molar-refractivity contribution in [1.29, 1.82) is 0 Å². The van der Waals surface area contributed by atoms with E-state index in [1.54, 1.807) is 11.7 Å². The number of nitrogens with one attached hydrogen (secondary N) is 2. The highest BCUT2D eigenvalue weighted by atomic mass is 32.2. The van der Waals surface area contributed by atoms with Crippen LogP contribution in [0.1, 0.15) is 44.1 Å². The summed E-state index contributed by atoms with van der Waals surface area (Å²) in [7, 11) is 1.61. The van der Waals surface area contributed by atoms with Crippen LogP contribution in [0.2, 0.25) is 0 Å². The molecule has 1 atom stereocenters. The minimum atomic E-state index is -0.159.